The van der Waals surface area contributed by atoms with Crippen molar-refractivity contribution >= 4 is 17.7 Å². The monoisotopic (exact) mass is 367 g/mol. The van der Waals surface area contributed by atoms with Gasteiger partial charge in [-0.05, 0) is 25.8 Å². The SMILES string of the molecule is CC1(C)CCC(=O)C1OC(=O)/C=C/C(=O)OCCCCN1CCOCC1. The number of carbonyl (C=O) groups excluding carboxylic acids is 3. The summed E-state index contributed by atoms with van der Waals surface area (Å²) in [6.07, 6.45) is 4.16. The van der Waals surface area contributed by atoms with Crippen molar-refractivity contribution in [3.8, 4) is 0 Å². The van der Waals surface area contributed by atoms with E-state index in [1.165, 1.54) is 0 Å². The average molecular weight is 367 g/mol. The van der Waals surface area contributed by atoms with E-state index in [2.05, 4.69) is 4.90 Å². The second kappa shape index (κ2) is 9.83. The van der Waals surface area contributed by atoms with Gasteiger partial charge >= 0.3 is 11.9 Å². The first-order chi connectivity index (χ1) is 12.4. The lowest BCUT2D eigenvalue weighted by atomic mass is 9.89. The molecule has 0 amide bonds. The highest BCUT2D eigenvalue weighted by Crippen LogP contribution is 2.37. The molecule has 1 heterocycles. The molecule has 7 heteroatoms. The number of carbonyl (C=O) groups is 3. The zero-order valence-corrected chi connectivity index (χ0v) is 15.7. The van der Waals surface area contributed by atoms with Crippen LogP contribution in [0.1, 0.15) is 39.5 Å². The standard InChI is InChI=1S/C19H29NO6/c1-19(2)8-7-15(21)18(19)26-17(23)6-5-16(22)25-12-4-3-9-20-10-13-24-14-11-20/h5-6,18H,3-4,7-14H2,1-2H3/b6-5+. The van der Waals surface area contributed by atoms with Crippen molar-refractivity contribution in [3.63, 3.8) is 0 Å². The molecule has 1 aliphatic carbocycles. The minimum Gasteiger partial charge on any atom is -0.463 e. The van der Waals surface area contributed by atoms with E-state index in [0.29, 0.717) is 19.4 Å². The van der Waals surface area contributed by atoms with Gasteiger partial charge in [0.05, 0.1) is 19.8 Å². The van der Waals surface area contributed by atoms with Crippen molar-refractivity contribution in [1.29, 1.82) is 0 Å². The van der Waals surface area contributed by atoms with Crippen molar-refractivity contribution in [2.45, 2.75) is 45.6 Å². The van der Waals surface area contributed by atoms with Gasteiger partial charge < -0.3 is 14.2 Å². The number of ether oxygens (including phenoxy) is 3. The van der Waals surface area contributed by atoms with E-state index in [0.717, 1.165) is 57.8 Å². The van der Waals surface area contributed by atoms with Crippen LogP contribution in [0.5, 0.6) is 0 Å². The quantitative estimate of drug-likeness (QED) is 0.365. The fourth-order valence-corrected chi connectivity index (χ4v) is 3.14. The summed E-state index contributed by atoms with van der Waals surface area (Å²) in [5.74, 6) is -1.34. The molecule has 2 aliphatic rings. The molecule has 1 saturated heterocycles. The van der Waals surface area contributed by atoms with Gasteiger partial charge in [0.1, 0.15) is 0 Å². The van der Waals surface area contributed by atoms with E-state index >= 15 is 0 Å². The molecule has 1 aliphatic heterocycles. The van der Waals surface area contributed by atoms with Crippen LogP contribution in [-0.2, 0) is 28.6 Å². The normalized spacial score (nSPS) is 23.3. The topological polar surface area (TPSA) is 82.1 Å². The maximum Gasteiger partial charge on any atom is 0.331 e. The fraction of sp³-hybridized carbons (Fsp3) is 0.737. The lowest BCUT2D eigenvalue weighted by molar-refractivity contribution is -0.153. The molecule has 0 aromatic rings. The van der Waals surface area contributed by atoms with Gasteiger partial charge in [-0.1, -0.05) is 13.8 Å². The predicted octanol–water partition coefficient (Wildman–Crippen LogP) is 1.50. The number of morpholine rings is 1. The van der Waals surface area contributed by atoms with Crippen molar-refractivity contribution in [2.24, 2.45) is 5.41 Å². The molecule has 0 aromatic heterocycles. The van der Waals surface area contributed by atoms with Gasteiger partial charge in [-0.25, -0.2) is 9.59 Å². The molecular formula is C19H29NO6. The van der Waals surface area contributed by atoms with Crippen LogP contribution < -0.4 is 0 Å². The van der Waals surface area contributed by atoms with Gasteiger partial charge in [-0.15, -0.1) is 0 Å². The highest BCUT2D eigenvalue weighted by Gasteiger charge is 2.43. The number of unbranched alkanes of at least 4 members (excludes halogenated alkanes) is 1. The number of ketones is 1. The Morgan fingerprint density at radius 3 is 2.54 bits per heavy atom. The summed E-state index contributed by atoms with van der Waals surface area (Å²) in [4.78, 5) is 37.5. The number of rotatable bonds is 8. The molecule has 7 nitrogen and oxygen atoms in total. The third-order valence-corrected chi connectivity index (χ3v) is 4.82. The zero-order chi connectivity index (χ0) is 19.0. The summed E-state index contributed by atoms with van der Waals surface area (Å²) in [5.41, 5.74) is -0.360. The Morgan fingerprint density at radius 2 is 1.88 bits per heavy atom. The summed E-state index contributed by atoms with van der Waals surface area (Å²) in [6.45, 7) is 8.52. The molecule has 1 atom stereocenters. The average Bonchev–Trinajstić information content (AvgIpc) is 2.87. The number of hydrogen-bond donors (Lipinski definition) is 0. The van der Waals surface area contributed by atoms with Crippen LogP contribution in [0.25, 0.3) is 0 Å². The molecule has 146 valence electrons. The lowest BCUT2D eigenvalue weighted by Crippen LogP contribution is -2.36. The van der Waals surface area contributed by atoms with E-state index < -0.39 is 18.0 Å². The number of hydrogen-bond acceptors (Lipinski definition) is 7. The molecule has 0 bridgehead atoms. The smallest absolute Gasteiger partial charge is 0.331 e. The predicted molar refractivity (Wildman–Crippen MR) is 94.5 cm³/mol. The Labute approximate surface area is 154 Å². The molecule has 26 heavy (non-hydrogen) atoms. The second-order valence-corrected chi connectivity index (χ2v) is 7.43. The van der Waals surface area contributed by atoms with Gasteiger partial charge in [0.15, 0.2) is 11.9 Å². The van der Waals surface area contributed by atoms with Crippen molar-refractivity contribution < 1.29 is 28.6 Å². The van der Waals surface area contributed by atoms with Crippen LogP contribution in [-0.4, -0.2) is 68.2 Å². The van der Waals surface area contributed by atoms with Crippen molar-refractivity contribution in [3.05, 3.63) is 12.2 Å². The van der Waals surface area contributed by atoms with Crippen LogP contribution in [0.15, 0.2) is 12.2 Å². The van der Waals surface area contributed by atoms with Crippen LogP contribution in [0, 0.1) is 5.41 Å². The van der Waals surface area contributed by atoms with E-state index in [1.807, 2.05) is 13.8 Å². The minimum atomic E-state index is -0.740. The summed E-state index contributed by atoms with van der Waals surface area (Å²) in [5, 5.41) is 0. The largest absolute Gasteiger partial charge is 0.463 e. The molecule has 2 fully saturated rings. The first-order valence-electron chi connectivity index (χ1n) is 9.27. The molecule has 0 spiro atoms. The Kier molecular flexibility index (Phi) is 7.78. The number of Topliss-reactive ketones (excluding diaryl/α,β-unsaturated/α-hetero) is 1. The fourth-order valence-electron chi connectivity index (χ4n) is 3.14. The molecule has 0 N–H and O–H groups in total. The third-order valence-electron chi connectivity index (χ3n) is 4.82. The maximum absolute atomic E-state index is 11.8. The Morgan fingerprint density at radius 1 is 1.19 bits per heavy atom. The molecule has 0 aromatic carbocycles. The Bertz CT molecular complexity index is 536. The first-order valence-corrected chi connectivity index (χ1v) is 9.27. The lowest BCUT2D eigenvalue weighted by Gasteiger charge is -2.26. The van der Waals surface area contributed by atoms with Crippen LogP contribution >= 0.6 is 0 Å². The Hall–Kier alpha value is -1.73. The van der Waals surface area contributed by atoms with Gasteiger partial charge in [-0.2, -0.15) is 0 Å². The Balaban J connectivity index is 1.59. The zero-order valence-electron chi connectivity index (χ0n) is 15.7. The maximum atomic E-state index is 11.8. The van der Waals surface area contributed by atoms with E-state index in [-0.39, 0.29) is 11.2 Å². The van der Waals surface area contributed by atoms with E-state index in [1.54, 1.807) is 0 Å². The van der Waals surface area contributed by atoms with E-state index in [9.17, 15) is 14.4 Å². The molecule has 0 radical (unpaired) electrons. The third kappa shape index (κ3) is 6.53. The number of nitrogens with zero attached hydrogens (tertiary/aromatic N) is 1. The van der Waals surface area contributed by atoms with Crippen molar-refractivity contribution in [1.82, 2.24) is 4.90 Å². The molecule has 2 rings (SSSR count). The van der Waals surface area contributed by atoms with Crippen LogP contribution in [0.3, 0.4) is 0 Å². The van der Waals surface area contributed by atoms with Crippen LogP contribution in [0.2, 0.25) is 0 Å². The van der Waals surface area contributed by atoms with Gasteiger partial charge in [0.2, 0.25) is 0 Å². The second-order valence-electron chi connectivity index (χ2n) is 7.43. The minimum absolute atomic E-state index is 0.0698. The summed E-state index contributed by atoms with van der Waals surface area (Å²) < 4.78 is 15.6. The number of esters is 2. The van der Waals surface area contributed by atoms with Gasteiger partial charge in [0.25, 0.3) is 0 Å². The summed E-state index contributed by atoms with van der Waals surface area (Å²) in [6, 6.07) is 0. The van der Waals surface area contributed by atoms with Crippen LogP contribution in [0.4, 0.5) is 0 Å². The highest BCUT2D eigenvalue weighted by molar-refractivity contribution is 5.94. The van der Waals surface area contributed by atoms with E-state index in [4.69, 9.17) is 14.2 Å². The molecular weight excluding hydrogens is 338 g/mol. The highest BCUT2D eigenvalue weighted by atomic mass is 16.5. The summed E-state index contributed by atoms with van der Waals surface area (Å²) >= 11 is 0. The molecule has 1 saturated carbocycles. The van der Waals surface area contributed by atoms with Gasteiger partial charge in [-0.3, -0.25) is 9.69 Å². The molecule has 1 unspecified atom stereocenters. The summed E-state index contributed by atoms with van der Waals surface area (Å²) in [7, 11) is 0. The van der Waals surface area contributed by atoms with Gasteiger partial charge in [0, 0.05) is 37.1 Å². The first kappa shape index (κ1) is 20.6. The van der Waals surface area contributed by atoms with Crippen molar-refractivity contribution in [2.75, 3.05) is 39.5 Å².